The summed E-state index contributed by atoms with van der Waals surface area (Å²) in [5.41, 5.74) is 3.57. The van der Waals surface area contributed by atoms with Crippen LogP contribution in [0.3, 0.4) is 0 Å². The molecule has 0 aliphatic heterocycles. The normalized spacial score (nSPS) is 12.4. The van der Waals surface area contributed by atoms with Crippen molar-refractivity contribution in [3.63, 3.8) is 0 Å². The third-order valence-electron chi connectivity index (χ3n) is 2.55. The Hall–Kier alpha value is -1.27. The molecule has 0 heterocycles. The first-order valence-electron chi connectivity index (χ1n) is 5.03. The van der Waals surface area contributed by atoms with Crippen LogP contribution < -0.4 is 0 Å². The van der Waals surface area contributed by atoms with E-state index in [1.54, 1.807) is 0 Å². The maximum atomic E-state index is 6.44. The topological polar surface area (TPSA) is 0 Å². The largest absolute Gasteiger partial charge is 0.113 e. The Morgan fingerprint density at radius 3 is 2.13 bits per heavy atom. The van der Waals surface area contributed by atoms with Gasteiger partial charge in [0.15, 0.2) is 0 Å². The molecule has 0 aliphatic carbocycles. The first-order valence-corrected chi connectivity index (χ1v) is 5.47. The van der Waals surface area contributed by atoms with Crippen LogP contribution in [-0.4, -0.2) is 0 Å². The van der Waals surface area contributed by atoms with Crippen LogP contribution in [0.1, 0.15) is 22.1 Å². The van der Waals surface area contributed by atoms with Crippen LogP contribution in [-0.2, 0) is 0 Å². The van der Waals surface area contributed by atoms with E-state index in [1.165, 1.54) is 11.1 Å². The van der Waals surface area contributed by atoms with Crippen molar-refractivity contribution in [3.8, 4) is 0 Å². The average molecular weight is 217 g/mol. The molecule has 0 unspecified atom stereocenters. The Kier molecular flexibility index (Phi) is 3.08. The number of hydrogen-bond acceptors (Lipinski definition) is 0. The van der Waals surface area contributed by atoms with Crippen molar-refractivity contribution in [1.29, 1.82) is 0 Å². The maximum absolute atomic E-state index is 6.44. The lowest BCUT2D eigenvalue weighted by Gasteiger charge is -2.12. The molecule has 0 N–H and O–H groups in total. The summed E-state index contributed by atoms with van der Waals surface area (Å²) in [5, 5.41) is -0.0487. The monoisotopic (exact) mass is 216 g/mol. The van der Waals surface area contributed by atoms with E-state index in [-0.39, 0.29) is 5.38 Å². The summed E-state index contributed by atoms with van der Waals surface area (Å²) in [6, 6.07) is 18.4. The highest BCUT2D eigenvalue weighted by Gasteiger charge is 2.11. The summed E-state index contributed by atoms with van der Waals surface area (Å²) in [5.74, 6) is 0. The van der Waals surface area contributed by atoms with Crippen molar-refractivity contribution in [3.05, 3.63) is 71.3 Å². The van der Waals surface area contributed by atoms with Gasteiger partial charge in [0.1, 0.15) is 0 Å². The highest BCUT2D eigenvalue weighted by atomic mass is 35.5. The molecule has 0 bridgehead atoms. The van der Waals surface area contributed by atoms with E-state index < -0.39 is 0 Å². The fourth-order valence-electron chi connectivity index (χ4n) is 1.67. The number of rotatable bonds is 2. The molecule has 0 nitrogen and oxygen atoms in total. The van der Waals surface area contributed by atoms with Gasteiger partial charge >= 0.3 is 0 Å². The van der Waals surface area contributed by atoms with Crippen LogP contribution in [0.25, 0.3) is 0 Å². The van der Waals surface area contributed by atoms with Crippen LogP contribution >= 0.6 is 11.6 Å². The quantitative estimate of drug-likeness (QED) is 0.656. The third-order valence-corrected chi connectivity index (χ3v) is 3.04. The van der Waals surface area contributed by atoms with E-state index in [4.69, 9.17) is 11.6 Å². The molecule has 0 radical (unpaired) electrons. The highest BCUT2D eigenvalue weighted by Crippen LogP contribution is 2.30. The second-order valence-corrected chi connectivity index (χ2v) is 4.07. The molecule has 1 atom stereocenters. The number of alkyl halides is 1. The number of halogens is 1. The molecular formula is C14H13Cl. The minimum Gasteiger partial charge on any atom is -0.113 e. The lowest BCUT2D eigenvalue weighted by atomic mass is 10.0. The van der Waals surface area contributed by atoms with E-state index in [0.29, 0.717) is 0 Å². The van der Waals surface area contributed by atoms with Crippen LogP contribution in [0.5, 0.6) is 0 Å². The first kappa shape index (κ1) is 10.3. The van der Waals surface area contributed by atoms with Crippen molar-refractivity contribution < 1.29 is 0 Å². The predicted molar refractivity (Wildman–Crippen MR) is 65.3 cm³/mol. The summed E-state index contributed by atoms with van der Waals surface area (Å²) in [6.45, 7) is 2.09. The molecule has 0 aliphatic rings. The maximum Gasteiger partial charge on any atom is 0.0838 e. The molecular weight excluding hydrogens is 204 g/mol. The summed E-state index contributed by atoms with van der Waals surface area (Å²) >= 11 is 6.44. The molecule has 0 spiro atoms. The molecule has 0 saturated carbocycles. The fourth-order valence-corrected chi connectivity index (χ4v) is 2.06. The van der Waals surface area contributed by atoms with Gasteiger partial charge in [-0.25, -0.2) is 0 Å². The summed E-state index contributed by atoms with van der Waals surface area (Å²) in [7, 11) is 0. The molecule has 1 heteroatoms. The van der Waals surface area contributed by atoms with Crippen molar-refractivity contribution in [1.82, 2.24) is 0 Å². The second kappa shape index (κ2) is 4.50. The second-order valence-electron chi connectivity index (χ2n) is 3.63. The lowest BCUT2D eigenvalue weighted by Crippen LogP contribution is -1.95. The Bertz CT molecular complexity index is 434. The van der Waals surface area contributed by atoms with Crippen LogP contribution in [0.2, 0.25) is 0 Å². The molecule has 2 aromatic rings. The van der Waals surface area contributed by atoms with Gasteiger partial charge in [-0.15, -0.1) is 11.6 Å². The van der Waals surface area contributed by atoms with Gasteiger partial charge in [-0.3, -0.25) is 0 Å². The zero-order valence-corrected chi connectivity index (χ0v) is 9.41. The van der Waals surface area contributed by atoms with Crippen molar-refractivity contribution in [2.24, 2.45) is 0 Å². The highest BCUT2D eigenvalue weighted by molar-refractivity contribution is 6.22. The lowest BCUT2D eigenvalue weighted by molar-refractivity contribution is 1.11. The van der Waals surface area contributed by atoms with Gasteiger partial charge < -0.3 is 0 Å². The van der Waals surface area contributed by atoms with Gasteiger partial charge in [-0.2, -0.15) is 0 Å². The summed E-state index contributed by atoms with van der Waals surface area (Å²) in [6.07, 6.45) is 0. The van der Waals surface area contributed by atoms with Crippen LogP contribution in [0.15, 0.2) is 54.6 Å². The molecule has 2 rings (SSSR count). The van der Waals surface area contributed by atoms with E-state index in [1.807, 2.05) is 30.3 Å². The number of hydrogen-bond donors (Lipinski definition) is 0. The fraction of sp³-hybridized carbons (Fsp3) is 0.143. The SMILES string of the molecule is Cc1ccccc1[C@H](Cl)c1ccccc1. The van der Waals surface area contributed by atoms with Crippen molar-refractivity contribution in [2.75, 3.05) is 0 Å². The molecule has 2 aromatic carbocycles. The molecule has 15 heavy (non-hydrogen) atoms. The number of benzene rings is 2. The Morgan fingerprint density at radius 2 is 1.47 bits per heavy atom. The first-order chi connectivity index (χ1) is 7.29. The molecule has 0 saturated heterocycles. The minimum absolute atomic E-state index is 0.0487. The average Bonchev–Trinajstić information content (AvgIpc) is 2.30. The Balaban J connectivity index is 2.37. The molecule has 0 fully saturated rings. The molecule has 0 amide bonds. The minimum atomic E-state index is -0.0487. The van der Waals surface area contributed by atoms with E-state index in [2.05, 4.69) is 31.2 Å². The van der Waals surface area contributed by atoms with Crippen molar-refractivity contribution >= 4 is 11.6 Å². The van der Waals surface area contributed by atoms with Gasteiger partial charge in [0.05, 0.1) is 5.38 Å². The van der Waals surface area contributed by atoms with Gasteiger partial charge in [0.2, 0.25) is 0 Å². The van der Waals surface area contributed by atoms with Crippen molar-refractivity contribution in [2.45, 2.75) is 12.3 Å². The molecule has 0 aromatic heterocycles. The standard InChI is InChI=1S/C14H13Cl/c1-11-7-5-6-10-13(11)14(15)12-8-3-2-4-9-12/h2-10,14H,1H3/t14-/m1/s1. The smallest absolute Gasteiger partial charge is 0.0838 e. The van der Waals surface area contributed by atoms with Gasteiger partial charge in [0, 0.05) is 0 Å². The van der Waals surface area contributed by atoms with E-state index >= 15 is 0 Å². The summed E-state index contributed by atoms with van der Waals surface area (Å²) in [4.78, 5) is 0. The Morgan fingerprint density at radius 1 is 0.867 bits per heavy atom. The van der Waals surface area contributed by atoms with Crippen LogP contribution in [0, 0.1) is 6.92 Å². The summed E-state index contributed by atoms with van der Waals surface area (Å²) < 4.78 is 0. The zero-order valence-electron chi connectivity index (χ0n) is 8.65. The van der Waals surface area contributed by atoms with Crippen LogP contribution in [0.4, 0.5) is 0 Å². The van der Waals surface area contributed by atoms with E-state index in [9.17, 15) is 0 Å². The zero-order chi connectivity index (χ0) is 10.7. The van der Waals surface area contributed by atoms with Gasteiger partial charge in [-0.05, 0) is 23.6 Å². The Labute approximate surface area is 95.5 Å². The molecule has 76 valence electrons. The third kappa shape index (κ3) is 2.21. The van der Waals surface area contributed by atoms with E-state index in [0.717, 1.165) is 5.56 Å². The predicted octanol–water partition coefficient (Wildman–Crippen LogP) is 4.32. The number of aryl methyl sites for hydroxylation is 1. The van der Waals surface area contributed by atoms with Gasteiger partial charge in [-0.1, -0.05) is 54.6 Å². The van der Waals surface area contributed by atoms with Gasteiger partial charge in [0.25, 0.3) is 0 Å².